The van der Waals surface area contributed by atoms with Crippen LogP contribution in [-0.2, 0) is 32.6 Å². The molecule has 2 aliphatic heterocycles. The molecule has 0 aliphatic carbocycles. The van der Waals surface area contributed by atoms with Crippen LogP contribution in [-0.4, -0.2) is 63.0 Å². The Labute approximate surface area is 157 Å². The average Bonchev–Trinajstić information content (AvgIpc) is 3.15. The number of methoxy groups -OCH3 is 1. The van der Waals surface area contributed by atoms with Crippen molar-refractivity contribution in [3.8, 4) is 0 Å². The van der Waals surface area contributed by atoms with Crippen molar-refractivity contribution in [2.75, 3.05) is 13.7 Å². The van der Waals surface area contributed by atoms with Crippen LogP contribution in [0.4, 0.5) is 4.39 Å². The molecule has 2 saturated heterocycles. The van der Waals surface area contributed by atoms with E-state index in [2.05, 4.69) is 10.6 Å². The molecule has 2 rings (SSSR count). The summed E-state index contributed by atoms with van der Waals surface area (Å²) in [5, 5.41) is 12.3. The van der Waals surface area contributed by atoms with E-state index in [0.717, 1.165) is 6.34 Å². The number of ketones is 1. The summed E-state index contributed by atoms with van der Waals surface area (Å²) < 4.78 is 53.1. The predicted molar refractivity (Wildman–Crippen MR) is 93.2 cm³/mol. The Morgan fingerprint density at radius 3 is 2.78 bits per heavy atom. The second kappa shape index (κ2) is 10.8. The summed E-state index contributed by atoms with van der Waals surface area (Å²) >= 11 is 0. The SMILES string of the molecule is COC[C@H]1O[C@@H](N/C=C\C(C)=O)[C@H](O[PH](=O)O[C@@H]2CC[C@H](NC=N)O2)[C@@H]1F. The molecule has 0 saturated carbocycles. The lowest BCUT2D eigenvalue weighted by Crippen LogP contribution is -2.38. The number of rotatable bonds is 11. The van der Waals surface area contributed by atoms with Crippen molar-refractivity contribution >= 4 is 20.4 Å². The topological polar surface area (TPSA) is 128 Å². The van der Waals surface area contributed by atoms with Crippen LogP contribution in [0.2, 0.25) is 0 Å². The molecule has 0 aromatic carbocycles. The van der Waals surface area contributed by atoms with Crippen LogP contribution in [0, 0.1) is 5.41 Å². The fourth-order valence-electron chi connectivity index (χ4n) is 2.69. The fraction of sp³-hybridized carbons (Fsp3) is 0.733. The van der Waals surface area contributed by atoms with Gasteiger partial charge in [-0.2, -0.15) is 0 Å². The molecule has 1 unspecified atom stereocenters. The highest BCUT2D eigenvalue weighted by Gasteiger charge is 2.47. The van der Waals surface area contributed by atoms with E-state index in [1.807, 2.05) is 0 Å². The van der Waals surface area contributed by atoms with Crippen molar-refractivity contribution in [3.05, 3.63) is 12.3 Å². The van der Waals surface area contributed by atoms with Crippen molar-refractivity contribution in [3.63, 3.8) is 0 Å². The molecule has 2 aliphatic rings. The highest BCUT2D eigenvalue weighted by atomic mass is 31.1. The molecule has 0 bridgehead atoms. The highest BCUT2D eigenvalue weighted by molar-refractivity contribution is 7.33. The van der Waals surface area contributed by atoms with Crippen molar-refractivity contribution in [2.24, 2.45) is 0 Å². The smallest absolute Gasteiger partial charge is 0.321 e. The van der Waals surface area contributed by atoms with Gasteiger partial charge in [0.15, 0.2) is 24.5 Å². The summed E-state index contributed by atoms with van der Waals surface area (Å²) in [5.41, 5.74) is 0. The third kappa shape index (κ3) is 6.63. The van der Waals surface area contributed by atoms with Crippen molar-refractivity contribution in [2.45, 2.75) is 56.9 Å². The van der Waals surface area contributed by atoms with Gasteiger partial charge in [-0.15, -0.1) is 0 Å². The Morgan fingerprint density at radius 2 is 2.11 bits per heavy atom. The number of ether oxygens (including phenoxy) is 3. The van der Waals surface area contributed by atoms with Gasteiger partial charge in [0, 0.05) is 19.7 Å². The van der Waals surface area contributed by atoms with Gasteiger partial charge in [0.1, 0.15) is 18.4 Å². The molecule has 0 aromatic heterocycles. The summed E-state index contributed by atoms with van der Waals surface area (Å²) in [6.07, 6.45) is -1.28. The van der Waals surface area contributed by atoms with E-state index in [1.165, 1.54) is 26.3 Å². The van der Waals surface area contributed by atoms with Crippen LogP contribution in [0.3, 0.4) is 0 Å². The molecule has 12 heteroatoms. The summed E-state index contributed by atoms with van der Waals surface area (Å²) in [6.45, 7) is 1.35. The molecule has 7 atom stereocenters. The standard InChI is InChI=1S/C15H25FN3O7P/c1-9(20)5-6-18-15-14(13(16)10(23-15)7-22-2)26-27(21)25-12-4-3-11(24-12)19-8-17/h5-6,8,10-15,18,27H,3-4,7H2,1-2H3,(H2,17,19)/b6-5-/t10-,11-,12-,13-,14-,15-/m1/s1. The quantitative estimate of drug-likeness (QED) is 0.197. The van der Waals surface area contributed by atoms with Crippen LogP contribution in [0.25, 0.3) is 0 Å². The number of alkyl halides is 1. The maximum atomic E-state index is 14.6. The number of allylic oxidation sites excluding steroid dienone is 1. The van der Waals surface area contributed by atoms with E-state index in [1.54, 1.807) is 0 Å². The summed E-state index contributed by atoms with van der Waals surface area (Å²) in [4.78, 5) is 11.0. The highest BCUT2D eigenvalue weighted by Crippen LogP contribution is 2.38. The van der Waals surface area contributed by atoms with Crippen LogP contribution in [0.1, 0.15) is 19.8 Å². The molecule has 0 amide bonds. The van der Waals surface area contributed by atoms with E-state index in [4.69, 9.17) is 28.7 Å². The maximum Gasteiger partial charge on any atom is 0.321 e. The molecular weight excluding hydrogens is 384 g/mol. The predicted octanol–water partition coefficient (Wildman–Crippen LogP) is 0.839. The summed E-state index contributed by atoms with van der Waals surface area (Å²) in [7, 11) is -1.68. The van der Waals surface area contributed by atoms with Gasteiger partial charge in [-0.25, -0.2) is 4.39 Å². The molecule has 0 aromatic rings. The van der Waals surface area contributed by atoms with E-state index in [0.29, 0.717) is 12.8 Å². The Balaban J connectivity index is 1.91. The zero-order chi connectivity index (χ0) is 19.8. The van der Waals surface area contributed by atoms with Gasteiger partial charge >= 0.3 is 8.25 Å². The molecular formula is C15H25FN3O7P. The number of carbonyl (C=O) groups is 1. The van der Waals surface area contributed by atoms with Gasteiger partial charge in [-0.1, -0.05) is 0 Å². The van der Waals surface area contributed by atoms with Gasteiger partial charge < -0.3 is 24.8 Å². The average molecular weight is 409 g/mol. The minimum atomic E-state index is -3.09. The first-order valence-electron chi connectivity index (χ1n) is 8.44. The maximum absolute atomic E-state index is 14.6. The molecule has 0 spiro atoms. The van der Waals surface area contributed by atoms with Crippen molar-refractivity contribution in [1.82, 2.24) is 10.6 Å². The number of hydrogen-bond donors (Lipinski definition) is 3. The van der Waals surface area contributed by atoms with Crippen LogP contribution < -0.4 is 10.6 Å². The van der Waals surface area contributed by atoms with E-state index in [9.17, 15) is 13.8 Å². The van der Waals surface area contributed by atoms with Gasteiger partial charge in [0.25, 0.3) is 0 Å². The fourth-order valence-corrected chi connectivity index (χ4v) is 3.61. The van der Waals surface area contributed by atoms with E-state index < -0.39 is 45.4 Å². The van der Waals surface area contributed by atoms with Crippen LogP contribution in [0.15, 0.2) is 12.3 Å². The first kappa shape index (κ1) is 21.9. The third-order valence-corrected chi connectivity index (χ3v) is 4.83. The molecule has 27 heavy (non-hydrogen) atoms. The van der Waals surface area contributed by atoms with Crippen LogP contribution >= 0.6 is 8.25 Å². The Kier molecular flexibility index (Phi) is 8.81. The minimum Gasteiger partial charge on any atom is -0.382 e. The van der Waals surface area contributed by atoms with Gasteiger partial charge in [0.05, 0.1) is 12.9 Å². The van der Waals surface area contributed by atoms with Crippen molar-refractivity contribution < 1.29 is 37.0 Å². The molecule has 3 N–H and O–H groups in total. The largest absolute Gasteiger partial charge is 0.382 e. The Bertz CT molecular complexity index is 568. The first-order valence-corrected chi connectivity index (χ1v) is 9.66. The van der Waals surface area contributed by atoms with Gasteiger partial charge in [-0.3, -0.25) is 23.8 Å². The van der Waals surface area contributed by atoms with Gasteiger partial charge in [0.2, 0.25) is 0 Å². The zero-order valence-electron chi connectivity index (χ0n) is 15.1. The summed E-state index contributed by atoms with van der Waals surface area (Å²) in [6, 6.07) is 0. The lowest BCUT2D eigenvalue weighted by Gasteiger charge is -2.21. The first-order chi connectivity index (χ1) is 12.9. The number of nitrogens with one attached hydrogen (secondary N) is 3. The molecule has 2 fully saturated rings. The zero-order valence-corrected chi connectivity index (χ0v) is 16.1. The van der Waals surface area contributed by atoms with E-state index >= 15 is 0 Å². The monoisotopic (exact) mass is 409 g/mol. The number of hydrogen-bond acceptors (Lipinski definition) is 9. The molecule has 154 valence electrons. The normalized spacial score (nSPS) is 34.6. The minimum absolute atomic E-state index is 0.0138. The Morgan fingerprint density at radius 1 is 1.33 bits per heavy atom. The number of carbonyl (C=O) groups excluding carboxylic acids is 1. The third-order valence-electron chi connectivity index (χ3n) is 3.91. The second-order valence-corrected chi connectivity index (χ2v) is 6.97. The van der Waals surface area contributed by atoms with Crippen molar-refractivity contribution in [1.29, 1.82) is 5.41 Å². The Hall–Kier alpha value is -1.36. The second-order valence-electron chi connectivity index (χ2n) is 6.00. The molecule has 10 nitrogen and oxygen atoms in total. The summed E-state index contributed by atoms with van der Waals surface area (Å²) in [5.74, 6) is -0.202. The molecule has 2 heterocycles. The van der Waals surface area contributed by atoms with Gasteiger partial charge in [-0.05, 0) is 19.4 Å². The number of halogens is 1. The lowest BCUT2D eigenvalue weighted by atomic mass is 10.1. The van der Waals surface area contributed by atoms with Crippen LogP contribution in [0.5, 0.6) is 0 Å². The lowest BCUT2D eigenvalue weighted by molar-refractivity contribution is -0.112. The van der Waals surface area contributed by atoms with E-state index in [-0.39, 0.29) is 12.4 Å². The molecule has 0 radical (unpaired) electrons.